The number of nitrogens with zero attached hydrogens (tertiary/aromatic N) is 5. The molecule has 1 saturated heterocycles. The minimum Gasteiger partial charge on any atom is -0.364 e. The first-order valence-corrected chi connectivity index (χ1v) is 7.77. The summed E-state index contributed by atoms with van der Waals surface area (Å²) in [6, 6.07) is 3.64. The summed E-state index contributed by atoms with van der Waals surface area (Å²) in [7, 11) is 0. The van der Waals surface area contributed by atoms with Crippen LogP contribution in [0.5, 0.6) is 0 Å². The number of amides is 1. The number of rotatable bonds is 4. The van der Waals surface area contributed by atoms with Crippen molar-refractivity contribution in [1.29, 1.82) is 0 Å². The normalized spacial score (nSPS) is 18.0. The number of primary amides is 1. The summed E-state index contributed by atoms with van der Waals surface area (Å²) in [6.07, 6.45) is 6.26. The summed E-state index contributed by atoms with van der Waals surface area (Å²) >= 11 is 0. The van der Waals surface area contributed by atoms with Crippen LogP contribution in [0.3, 0.4) is 0 Å². The second-order valence-corrected chi connectivity index (χ2v) is 5.88. The van der Waals surface area contributed by atoms with Crippen molar-refractivity contribution in [3.63, 3.8) is 0 Å². The van der Waals surface area contributed by atoms with Gasteiger partial charge in [0.25, 0.3) is 5.91 Å². The number of nitrogens with two attached hydrogens (primary N) is 1. The molecule has 0 bridgehead atoms. The first-order chi connectivity index (χ1) is 11.1. The molecule has 23 heavy (non-hydrogen) atoms. The van der Waals surface area contributed by atoms with Crippen LogP contribution in [0, 0.1) is 12.8 Å². The van der Waals surface area contributed by atoms with Crippen molar-refractivity contribution in [3.8, 4) is 0 Å². The zero-order chi connectivity index (χ0) is 16.2. The zero-order valence-electron chi connectivity index (χ0n) is 13.1. The lowest BCUT2D eigenvalue weighted by Gasteiger charge is -2.33. The van der Waals surface area contributed by atoms with Gasteiger partial charge in [-0.15, -0.1) is 0 Å². The summed E-state index contributed by atoms with van der Waals surface area (Å²) in [5, 5.41) is 0. The van der Waals surface area contributed by atoms with Gasteiger partial charge in [-0.1, -0.05) is 0 Å². The van der Waals surface area contributed by atoms with Gasteiger partial charge in [-0.2, -0.15) is 0 Å². The fraction of sp³-hybridized carbons (Fsp3) is 0.438. The minimum absolute atomic E-state index is 0.272. The SMILES string of the molecule is Cc1nccc(N2CCC[C@H](Cc3cc(C(N)=O)ncn3)C2)n1. The molecule has 1 amide bonds. The molecule has 2 aromatic heterocycles. The Morgan fingerprint density at radius 3 is 3.04 bits per heavy atom. The molecule has 0 unspecified atom stereocenters. The van der Waals surface area contributed by atoms with Gasteiger partial charge in [0.1, 0.15) is 23.7 Å². The van der Waals surface area contributed by atoms with Gasteiger partial charge in [0, 0.05) is 25.0 Å². The van der Waals surface area contributed by atoms with E-state index in [0.717, 1.165) is 49.7 Å². The maximum atomic E-state index is 11.2. The Bertz CT molecular complexity index is 704. The van der Waals surface area contributed by atoms with Crippen molar-refractivity contribution in [2.45, 2.75) is 26.2 Å². The van der Waals surface area contributed by atoms with Crippen LogP contribution >= 0.6 is 0 Å². The van der Waals surface area contributed by atoms with E-state index in [9.17, 15) is 4.79 Å². The zero-order valence-corrected chi connectivity index (χ0v) is 13.1. The van der Waals surface area contributed by atoms with Crippen molar-refractivity contribution < 1.29 is 4.79 Å². The highest BCUT2D eigenvalue weighted by atomic mass is 16.1. The molecule has 2 aromatic rings. The van der Waals surface area contributed by atoms with Gasteiger partial charge in [-0.3, -0.25) is 4.79 Å². The number of anilines is 1. The topological polar surface area (TPSA) is 97.9 Å². The highest BCUT2D eigenvalue weighted by Gasteiger charge is 2.22. The fourth-order valence-corrected chi connectivity index (χ4v) is 3.00. The first-order valence-electron chi connectivity index (χ1n) is 7.77. The maximum absolute atomic E-state index is 11.2. The van der Waals surface area contributed by atoms with Crippen LogP contribution in [-0.4, -0.2) is 38.9 Å². The van der Waals surface area contributed by atoms with Crippen LogP contribution in [0.4, 0.5) is 5.82 Å². The van der Waals surface area contributed by atoms with Crippen LogP contribution in [0.2, 0.25) is 0 Å². The van der Waals surface area contributed by atoms with E-state index in [1.165, 1.54) is 6.33 Å². The fourth-order valence-electron chi connectivity index (χ4n) is 3.00. The van der Waals surface area contributed by atoms with Gasteiger partial charge >= 0.3 is 0 Å². The first kappa shape index (κ1) is 15.3. The van der Waals surface area contributed by atoms with E-state index < -0.39 is 5.91 Å². The average Bonchev–Trinajstić information content (AvgIpc) is 2.55. The molecule has 3 heterocycles. The molecule has 0 spiro atoms. The molecule has 1 aliphatic rings. The summed E-state index contributed by atoms with van der Waals surface area (Å²) in [5.74, 6) is 1.71. The smallest absolute Gasteiger partial charge is 0.267 e. The van der Waals surface area contributed by atoms with Gasteiger partial charge in [-0.25, -0.2) is 19.9 Å². The van der Waals surface area contributed by atoms with Gasteiger partial charge in [0.2, 0.25) is 0 Å². The lowest BCUT2D eigenvalue weighted by molar-refractivity contribution is 0.0995. The third-order valence-corrected chi connectivity index (χ3v) is 4.08. The largest absolute Gasteiger partial charge is 0.364 e. The van der Waals surface area contributed by atoms with E-state index in [1.54, 1.807) is 12.3 Å². The van der Waals surface area contributed by atoms with Crippen molar-refractivity contribution in [2.24, 2.45) is 11.7 Å². The average molecular weight is 312 g/mol. The molecule has 7 heteroatoms. The number of hydrogen-bond donors (Lipinski definition) is 1. The Morgan fingerprint density at radius 2 is 2.26 bits per heavy atom. The predicted octanol–water partition coefficient (Wildman–Crippen LogP) is 1.13. The molecule has 3 rings (SSSR count). The molecule has 0 aromatic carbocycles. The van der Waals surface area contributed by atoms with Crippen molar-refractivity contribution >= 4 is 11.7 Å². The van der Waals surface area contributed by atoms with Crippen LogP contribution in [0.1, 0.15) is 34.8 Å². The monoisotopic (exact) mass is 312 g/mol. The Labute approximate surface area is 135 Å². The molecule has 0 saturated carbocycles. The van der Waals surface area contributed by atoms with Gasteiger partial charge in [0.05, 0.1) is 0 Å². The highest BCUT2D eigenvalue weighted by molar-refractivity contribution is 5.90. The number of carbonyl (C=O) groups is 1. The second-order valence-electron chi connectivity index (χ2n) is 5.88. The summed E-state index contributed by atoms with van der Waals surface area (Å²) in [6.45, 7) is 3.83. The van der Waals surface area contributed by atoms with E-state index in [2.05, 4.69) is 24.8 Å². The summed E-state index contributed by atoms with van der Waals surface area (Å²) in [5.41, 5.74) is 6.41. The minimum atomic E-state index is -0.518. The van der Waals surface area contributed by atoms with Gasteiger partial charge < -0.3 is 10.6 Å². The summed E-state index contributed by atoms with van der Waals surface area (Å²) < 4.78 is 0. The van der Waals surface area contributed by atoms with Gasteiger partial charge in [-0.05, 0) is 44.2 Å². The quantitative estimate of drug-likeness (QED) is 0.909. The van der Waals surface area contributed by atoms with E-state index in [1.807, 2.05) is 13.0 Å². The molecule has 2 N–H and O–H groups in total. The van der Waals surface area contributed by atoms with Crippen molar-refractivity contribution in [1.82, 2.24) is 19.9 Å². The Kier molecular flexibility index (Phi) is 4.45. The number of aromatic nitrogens is 4. The lowest BCUT2D eigenvalue weighted by Crippen LogP contribution is -2.37. The second kappa shape index (κ2) is 6.68. The molecule has 1 aliphatic heterocycles. The van der Waals surface area contributed by atoms with E-state index >= 15 is 0 Å². The maximum Gasteiger partial charge on any atom is 0.267 e. The van der Waals surface area contributed by atoms with Crippen LogP contribution < -0.4 is 10.6 Å². The third-order valence-electron chi connectivity index (χ3n) is 4.08. The Hall–Kier alpha value is -2.57. The molecule has 1 fully saturated rings. The van der Waals surface area contributed by atoms with Crippen LogP contribution in [0.25, 0.3) is 0 Å². The molecule has 7 nitrogen and oxygen atoms in total. The van der Waals surface area contributed by atoms with Crippen LogP contribution in [0.15, 0.2) is 24.7 Å². The Morgan fingerprint density at radius 1 is 1.39 bits per heavy atom. The van der Waals surface area contributed by atoms with E-state index in [4.69, 9.17) is 5.73 Å². The molecular formula is C16H20N6O. The van der Waals surface area contributed by atoms with Gasteiger partial charge in [0.15, 0.2) is 0 Å². The highest BCUT2D eigenvalue weighted by Crippen LogP contribution is 2.23. The van der Waals surface area contributed by atoms with Crippen molar-refractivity contribution in [3.05, 3.63) is 41.9 Å². The molecule has 120 valence electrons. The number of piperidine rings is 1. The van der Waals surface area contributed by atoms with E-state index in [0.29, 0.717) is 5.92 Å². The number of hydrogen-bond acceptors (Lipinski definition) is 6. The standard InChI is InChI=1S/C16H20N6O/c1-11-18-5-4-15(21-11)22-6-2-3-12(9-22)7-13-8-14(16(17)23)20-10-19-13/h4-5,8,10,12H,2-3,6-7,9H2,1H3,(H2,17,23)/t12-/m1/s1. The molecule has 0 radical (unpaired) electrons. The molecule has 0 aliphatic carbocycles. The third kappa shape index (κ3) is 3.80. The number of carbonyl (C=O) groups excluding carboxylic acids is 1. The molecular weight excluding hydrogens is 292 g/mol. The van der Waals surface area contributed by atoms with Crippen LogP contribution in [-0.2, 0) is 6.42 Å². The predicted molar refractivity (Wildman–Crippen MR) is 86.0 cm³/mol. The lowest BCUT2D eigenvalue weighted by atomic mass is 9.93. The Balaban J connectivity index is 1.69. The summed E-state index contributed by atoms with van der Waals surface area (Å²) in [4.78, 5) is 30.3. The number of aryl methyl sites for hydroxylation is 1. The van der Waals surface area contributed by atoms with E-state index in [-0.39, 0.29) is 5.69 Å². The van der Waals surface area contributed by atoms with Crippen molar-refractivity contribution in [2.75, 3.05) is 18.0 Å². The molecule has 1 atom stereocenters.